The zero-order valence-corrected chi connectivity index (χ0v) is 26.1. The van der Waals surface area contributed by atoms with Gasteiger partial charge in [0.1, 0.15) is 5.69 Å². The minimum Gasteiger partial charge on any atom is -0.303 e. The summed E-state index contributed by atoms with van der Waals surface area (Å²) in [6.45, 7) is 10.3. The molecule has 2 rings (SSSR count). The highest BCUT2D eigenvalue weighted by Gasteiger charge is 2.12. The molecular formula is C35H62N4. The zero-order valence-electron chi connectivity index (χ0n) is 26.1. The number of aryl methyl sites for hydroxylation is 1. The molecule has 39 heavy (non-hydrogen) atoms. The van der Waals surface area contributed by atoms with Crippen LogP contribution in [0.3, 0.4) is 0 Å². The molecule has 0 fully saturated rings. The Bertz CT molecular complexity index is 773. The number of benzene rings is 1. The number of rotatable bonds is 26. The van der Waals surface area contributed by atoms with E-state index >= 15 is 0 Å². The number of nitrogens with zero attached hydrogens (tertiary/aromatic N) is 3. The van der Waals surface area contributed by atoms with Gasteiger partial charge in [0.15, 0.2) is 0 Å². The van der Waals surface area contributed by atoms with E-state index < -0.39 is 0 Å². The number of unbranched alkanes of at least 4 members (excludes halogenated alkanes) is 18. The lowest BCUT2D eigenvalue weighted by molar-refractivity contribution is 0.262. The number of aromatic nitrogens is 3. The van der Waals surface area contributed by atoms with Gasteiger partial charge >= 0.3 is 0 Å². The molecule has 1 N–H and O–H groups in total. The SMILES string of the molecule is CCCCCCCCCCCCN(CCCCCCCCCCCC)CCc1[nH]nnc1-c1ccc(C)cc1. The first-order chi connectivity index (χ1) is 19.2. The lowest BCUT2D eigenvalue weighted by Gasteiger charge is -2.22. The predicted molar refractivity (Wildman–Crippen MR) is 170 cm³/mol. The molecule has 222 valence electrons. The average molecular weight is 539 g/mol. The van der Waals surface area contributed by atoms with E-state index in [2.05, 4.69) is 65.3 Å². The van der Waals surface area contributed by atoms with E-state index in [4.69, 9.17) is 0 Å². The highest BCUT2D eigenvalue weighted by Crippen LogP contribution is 2.21. The van der Waals surface area contributed by atoms with Crippen molar-refractivity contribution in [1.29, 1.82) is 0 Å². The normalized spacial score (nSPS) is 11.6. The van der Waals surface area contributed by atoms with Crippen molar-refractivity contribution in [3.8, 4) is 11.3 Å². The third-order valence-corrected chi connectivity index (χ3v) is 8.28. The van der Waals surface area contributed by atoms with Crippen LogP contribution in [-0.2, 0) is 6.42 Å². The minimum absolute atomic E-state index is 0.992. The lowest BCUT2D eigenvalue weighted by atomic mass is 10.1. The largest absolute Gasteiger partial charge is 0.303 e. The molecule has 0 radical (unpaired) electrons. The molecule has 0 saturated heterocycles. The van der Waals surface area contributed by atoms with Crippen molar-refractivity contribution in [2.24, 2.45) is 0 Å². The van der Waals surface area contributed by atoms with Gasteiger partial charge < -0.3 is 4.90 Å². The fourth-order valence-electron chi connectivity index (χ4n) is 5.62. The van der Waals surface area contributed by atoms with Crippen LogP contribution in [-0.4, -0.2) is 39.9 Å². The Labute approximate surface area is 242 Å². The van der Waals surface area contributed by atoms with Crippen LogP contribution in [0.15, 0.2) is 24.3 Å². The van der Waals surface area contributed by atoms with Gasteiger partial charge in [-0.3, -0.25) is 5.10 Å². The van der Waals surface area contributed by atoms with Crippen molar-refractivity contribution < 1.29 is 0 Å². The molecule has 1 aromatic heterocycles. The molecule has 1 heterocycles. The summed E-state index contributed by atoms with van der Waals surface area (Å²) >= 11 is 0. The zero-order chi connectivity index (χ0) is 27.8. The summed E-state index contributed by atoms with van der Waals surface area (Å²) in [6, 6.07) is 8.66. The third kappa shape index (κ3) is 16.2. The smallest absolute Gasteiger partial charge is 0.116 e. The van der Waals surface area contributed by atoms with Crippen molar-refractivity contribution >= 4 is 0 Å². The first kappa shape index (κ1) is 33.5. The van der Waals surface area contributed by atoms with Crippen molar-refractivity contribution in [2.45, 2.75) is 156 Å². The summed E-state index contributed by atoms with van der Waals surface area (Å²) in [5, 5.41) is 11.8. The van der Waals surface area contributed by atoms with Crippen LogP contribution >= 0.6 is 0 Å². The molecule has 0 saturated carbocycles. The van der Waals surface area contributed by atoms with E-state index in [1.807, 2.05) is 0 Å². The summed E-state index contributed by atoms with van der Waals surface area (Å²) < 4.78 is 0. The molecule has 0 aliphatic carbocycles. The summed E-state index contributed by atoms with van der Waals surface area (Å²) in [7, 11) is 0. The van der Waals surface area contributed by atoms with Crippen LogP contribution in [0.2, 0.25) is 0 Å². The average Bonchev–Trinajstić information content (AvgIpc) is 3.42. The maximum Gasteiger partial charge on any atom is 0.116 e. The molecular weight excluding hydrogens is 476 g/mol. The summed E-state index contributed by atoms with van der Waals surface area (Å²) in [5.74, 6) is 0. The van der Waals surface area contributed by atoms with E-state index in [9.17, 15) is 0 Å². The van der Waals surface area contributed by atoms with Crippen molar-refractivity contribution in [1.82, 2.24) is 20.3 Å². The predicted octanol–water partition coefficient (Wildman–Crippen LogP) is 10.5. The molecule has 4 nitrogen and oxygen atoms in total. The first-order valence-corrected chi connectivity index (χ1v) is 16.9. The van der Waals surface area contributed by atoms with Gasteiger partial charge in [0, 0.05) is 18.5 Å². The minimum atomic E-state index is 0.992. The summed E-state index contributed by atoms with van der Waals surface area (Å²) in [5.41, 5.74) is 4.64. The number of aromatic amines is 1. The van der Waals surface area contributed by atoms with Crippen molar-refractivity contribution in [2.75, 3.05) is 19.6 Å². The topological polar surface area (TPSA) is 44.8 Å². The molecule has 2 aromatic rings. The first-order valence-electron chi connectivity index (χ1n) is 16.9. The van der Waals surface area contributed by atoms with Crippen LogP contribution < -0.4 is 0 Å². The third-order valence-electron chi connectivity index (χ3n) is 8.28. The van der Waals surface area contributed by atoms with Crippen LogP contribution in [0.5, 0.6) is 0 Å². The monoisotopic (exact) mass is 538 g/mol. The quantitative estimate of drug-likeness (QED) is 0.121. The standard InChI is InChI=1S/C35H62N4/c1-4-6-8-10-12-14-16-18-20-22-29-39(30-23-21-19-17-15-13-11-9-7-5-2)31-28-34-35(37-38-36-34)33-26-24-32(3)25-27-33/h24-27H,4-23,28-31H2,1-3H3,(H,36,37,38). The summed E-state index contributed by atoms with van der Waals surface area (Å²) in [4.78, 5) is 2.72. The Kier molecular flexibility index (Phi) is 19.8. The van der Waals surface area contributed by atoms with Gasteiger partial charge in [-0.1, -0.05) is 164 Å². The Morgan fingerprint density at radius 1 is 0.564 bits per heavy atom. The molecule has 0 amide bonds. The van der Waals surface area contributed by atoms with Crippen LogP contribution in [0, 0.1) is 6.92 Å². The van der Waals surface area contributed by atoms with Gasteiger partial charge in [0.25, 0.3) is 0 Å². The van der Waals surface area contributed by atoms with Crippen LogP contribution in [0.4, 0.5) is 0 Å². The van der Waals surface area contributed by atoms with Crippen LogP contribution in [0.25, 0.3) is 11.3 Å². The number of H-pyrrole nitrogens is 1. The van der Waals surface area contributed by atoms with Gasteiger partial charge in [0.2, 0.25) is 0 Å². The van der Waals surface area contributed by atoms with E-state index in [-0.39, 0.29) is 0 Å². The Morgan fingerprint density at radius 3 is 1.46 bits per heavy atom. The second kappa shape index (κ2) is 23.1. The van der Waals surface area contributed by atoms with E-state index in [0.717, 1.165) is 18.7 Å². The van der Waals surface area contributed by atoms with E-state index in [0.29, 0.717) is 0 Å². The Morgan fingerprint density at radius 2 is 1.00 bits per heavy atom. The maximum absolute atomic E-state index is 4.42. The maximum atomic E-state index is 4.42. The van der Waals surface area contributed by atoms with E-state index in [1.54, 1.807) is 0 Å². The fraction of sp³-hybridized carbons (Fsp3) is 0.771. The highest BCUT2D eigenvalue weighted by atomic mass is 15.3. The molecule has 1 aromatic carbocycles. The molecule has 4 heteroatoms. The molecule has 0 unspecified atom stereocenters. The van der Waals surface area contributed by atoms with Gasteiger partial charge in [-0.2, -0.15) is 0 Å². The van der Waals surface area contributed by atoms with Gasteiger partial charge in [0.05, 0.1) is 5.69 Å². The molecule has 0 aliphatic rings. The molecule has 0 atom stereocenters. The van der Waals surface area contributed by atoms with E-state index in [1.165, 1.54) is 158 Å². The molecule has 0 spiro atoms. The van der Waals surface area contributed by atoms with Gasteiger partial charge in [-0.15, -0.1) is 5.10 Å². The van der Waals surface area contributed by atoms with Crippen LogP contribution in [0.1, 0.15) is 154 Å². The number of hydrogen-bond acceptors (Lipinski definition) is 3. The second-order valence-corrected chi connectivity index (χ2v) is 12.0. The molecule has 0 bridgehead atoms. The summed E-state index contributed by atoms with van der Waals surface area (Å²) in [6.07, 6.45) is 29.1. The van der Waals surface area contributed by atoms with Crippen molar-refractivity contribution in [3.05, 3.63) is 35.5 Å². The number of hydrogen-bond donors (Lipinski definition) is 1. The van der Waals surface area contributed by atoms with Crippen molar-refractivity contribution in [3.63, 3.8) is 0 Å². The molecule has 0 aliphatic heterocycles. The lowest BCUT2D eigenvalue weighted by Crippen LogP contribution is -2.28. The Hall–Kier alpha value is -1.68. The number of nitrogens with one attached hydrogen (secondary N) is 1. The fourth-order valence-corrected chi connectivity index (χ4v) is 5.62. The highest BCUT2D eigenvalue weighted by molar-refractivity contribution is 5.61. The Balaban J connectivity index is 1.71. The van der Waals surface area contributed by atoms with Gasteiger partial charge in [-0.05, 0) is 32.9 Å². The van der Waals surface area contributed by atoms with Gasteiger partial charge in [-0.25, -0.2) is 0 Å². The second-order valence-electron chi connectivity index (χ2n) is 12.0.